The zero-order valence-corrected chi connectivity index (χ0v) is 16.3. The molecule has 0 bridgehead atoms. The van der Waals surface area contributed by atoms with E-state index < -0.39 is 0 Å². The molecule has 1 aliphatic heterocycles. The van der Waals surface area contributed by atoms with Gasteiger partial charge >= 0.3 is 0 Å². The first-order chi connectivity index (χ1) is 12.7. The van der Waals surface area contributed by atoms with E-state index in [1.165, 1.54) is 23.3 Å². The van der Waals surface area contributed by atoms with Crippen LogP contribution >= 0.6 is 11.8 Å². The fourth-order valence-corrected chi connectivity index (χ4v) is 3.91. The number of carbonyl (C=O) groups excluding carboxylic acids is 1. The first kappa shape index (κ1) is 19.0. The molecular weight excluding hydrogens is 340 g/mol. The second-order valence-corrected chi connectivity index (χ2v) is 7.90. The number of nitrogens with one attached hydrogen (secondary N) is 1. The van der Waals surface area contributed by atoms with E-state index in [0.717, 1.165) is 31.7 Å². The quantitative estimate of drug-likeness (QED) is 0.695. The van der Waals surface area contributed by atoms with E-state index in [1.54, 1.807) is 11.8 Å². The van der Waals surface area contributed by atoms with Crippen LogP contribution in [0.25, 0.3) is 0 Å². The molecule has 1 aliphatic rings. The van der Waals surface area contributed by atoms with Crippen molar-refractivity contribution in [3.05, 3.63) is 60.2 Å². The highest BCUT2D eigenvalue weighted by Crippen LogP contribution is 2.24. The second kappa shape index (κ2) is 9.79. The maximum absolute atomic E-state index is 12.1. The van der Waals surface area contributed by atoms with Crippen LogP contribution in [0.5, 0.6) is 0 Å². The minimum atomic E-state index is 0.132. The van der Waals surface area contributed by atoms with Gasteiger partial charge in [-0.15, -0.1) is 11.8 Å². The number of benzene rings is 2. The summed E-state index contributed by atoms with van der Waals surface area (Å²) in [7, 11) is 0. The van der Waals surface area contributed by atoms with Gasteiger partial charge in [-0.3, -0.25) is 9.69 Å². The monoisotopic (exact) mass is 368 g/mol. The molecule has 1 amide bonds. The largest absolute Gasteiger partial charge is 0.326 e. The average molecular weight is 369 g/mol. The minimum Gasteiger partial charge on any atom is -0.326 e. The number of nitrogens with zero attached hydrogens (tertiary/aromatic N) is 1. The molecule has 0 spiro atoms. The molecule has 4 heteroatoms. The Bertz CT molecular complexity index is 679. The predicted octanol–water partition coefficient (Wildman–Crippen LogP) is 5.04. The van der Waals surface area contributed by atoms with Crippen molar-refractivity contribution >= 4 is 23.4 Å². The molecule has 1 N–H and O–H groups in total. The summed E-state index contributed by atoms with van der Waals surface area (Å²) in [6.45, 7) is 3.31. The van der Waals surface area contributed by atoms with Crippen LogP contribution in [0, 0.1) is 5.92 Å². The van der Waals surface area contributed by atoms with Crippen LogP contribution in [0.3, 0.4) is 0 Å². The van der Waals surface area contributed by atoms with Gasteiger partial charge in [0.15, 0.2) is 0 Å². The summed E-state index contributed by atoms with van der Waals surface area (Å²) in [4.78, 5) is 15.9. The lowest BCUT2D eigenvalue weighted by atomic mass is 9.92. The van der Waals surface area contributed by atoms with E-state index in [-0.39, 0.29) is 5.91 Å². The number of amides is 1. The number of carbonyl (C=O) groups is 1. The third-order valence-corrected chi connectivity index (χ3v) is 5.85. The molecule has 0 atom stereocenters. The Balaban J connectivity index is 1.36. The molecule has 2 aromatic carbocycles. The molecular formula is C22H28N2OS. The number of rotatable bonds is 7. The molecule has 1 saturated heterocycles. The second-order valence-electron chi connectivity index (χ2n) is 7.02. The summed E-state index contributed by atoms with van der Waals surface area (Å²) in [6, 6.07) is 18.6. The Kier molecular flexibility index (Phi) is 7.15. The standard InChI is InChI=1S/C22H28N2OS/c1-26-21-10-7-19(8-11-21)17-24-15-13-18(14-16-24)9-12-22(25)23-20-5-3-2-4-6-20/h2-8,10-11,18H,9,12-17H2,1H3,(H,23,25). The molecule has 0 aromatic heterocycles. The van der Waals surface area contributed by atoms with E-state index in [0.29, 0.717) is 12.3 Å². The third kappa shape index (κ3) is 5.89. The number of anilines is 1. The smallest absolute Gasteiger partial charge is 0.224 e. The number of para-hydroxylation sites is 1. The maximum Gasteiger partial charge on any atom is 0.224 e. The van der Waals surface area contributed by atoms with Gasteiger partial charge < -0.3 is 5.32 Å². The van der Waals surface area contributed by atoms with Gasteiger partial charge in [0.1, 0.15) is 0 Å². The summed E-state index contributed by atoms with van der Waals surface area (Å²) in [5.41, 5.74) is 2.28. The Morgan fingerprint density at radius 3 is 2.42 bits per heavy atom. The lowest BCUT2D eigenvalue weighted by Crippen LogP contribution is -2.33. The Labute approximate surface area is 161 Å². The average Bonchev–Trinajstić information content (AvgIpc) is 2.69. The van der Waals surface area contributed by atoms with Gasteiger partial charge in [-0.1, -0.05) is 30.3 Å². The topological polar surface area (TPSA) is 32.3 Å². The van der Waals surface area contributed by atoms with E-state index in [2.05, 4.69) is 40.7 Å². The number of piperidine rings is 1. The molecule has 26 heavy (non-hydrogen) atoms. The summed E-state index contributed by atoms with van der Waals surface area (Å²) < 4.78 is 0. The zero-order valence-electron chi connectivity index (χ0n) is 15.5. The van der Waals surface area contributed by atoms with Gasteiger partial charge in [-0.2, -0.15) is 0 Å². The number of likely N-dealkylation sites (tertiary alicyclic amines) is 1. The molecule has 0 aliphatic carbocycles. The zero-order chi connectivity index (χ0) is 18.2. The van der Waals surface area contributed by atoms with Crippen LogP contribution in [0.4, 0.5) is 5.69 Å². The summed E-state index contributed by atoms with van der Waals surface area (Å²) in [5, 5.41) is 2.98. The first-order valence-electron chi connectivity index (χ1n) is 9.43. The Morgan fingerprint density at radius 2 is 1.77 bits per heavy atom. The van der Waals surface area contributed by atoms with E-state index in [9.17, 15) is 4.79 Å². The van der Waals surface area contributed by atoms with Crippen molar-refractivity contribution < 1.29 is 4.79 Å². The van der Waals surface area contributed by atoms with Crippen molar-refractivity contribution in [2.75, 3.05) is 24.7 Å². The summed E-state index contributed by atoms with van der Waals surface area (Å²) >= 11 is 1.79. The van der Waals surface area contributed by atoms with Crippen molar-refractivity contribution in [2.45, 2.75) is 37.1 Å². The molecule has 138 valence electrons. The fourth-order valence-electron chi connectivity index (χ4n) is 3.50. The van der Waals surface area contributed by atoms with Gasteiger partial charge in [-0.25, -0.2) is 0 Å². The van der Waals surface area contributed by atoms with Crippen molar-refractivity contribution in [1.82, 2.24) is 4.90 Å². The summed E-state index contributed by atoms with van der Waals surface area (Å²) in [5.74, 6) is 0.805. The molecule has 3 rings (SSSR count). The Hall–Kier alpha value is -1.78. The summed E-state index contributed by atoms with van der Waals surface area (Å²) in [6.07, 6.45) is 6.12. The van der Waals surface area contributed by atoms with Crippen LogP contribution in [-0.2, 0) is 11.3 Å². The van der Waals surface area contributed by atoms with E-state index in [1.807, 2.05) is 30.3 Å². The molecule has 1 heterocycles. The maximum atomic E-state index is 12.1. The van der Waals surface area contributed by atoms with Crippen LogP contribution in [0.2, 0.25) is 0 Å². The lowest BCUT2D eigenvalue weighted by molar-refractivity contribution is -0.116. The number of thioether (sulfide) groups is 1. The van der Waals surface area contributed by atoms with Crippen LogP contribution < -0.4 is 5.32 Å². The SMILES string of the molecule is CSc1ccc(CN2CCC(CCC(=O)Nc3ccccc3)CC2)cc1. The van der Waals surface area contributed by atoms with Crippen LogP contribution in [-0.4, -0.2) is 30.2 Å². The van der Waals surface area contributed by atoms with Gasteiger partial charge in [0, 0.05) is 23.5 Å². The first-order valence-corrected chi connectivity index (χ1v) is 10.7. The fraction of sp³-hybridized carbons (Fsp3) is 0.409. The third-order valence-electron chi connectivity index (χ3n) is 5.11. The van der Waals surface area contributed by atoms with Crippen molar-refractivity contribution in [3.8, 4) is 0 Å². The van der Waals surface area contributed by atoms with Crippen molar-refractivity contribution in [1.29, 1.82) is 0 Å². The molecule has 1 fully saturated rings. The van der Waals surface area contributed by atoms with Gasteiger partial charge in [-0.05, 0) is 74.4 Å². The number of hydrogen-bond acceptors (Lipinski definition) is 3. The normalized spacial score (nSPS) is 15.7. The number of hydrogen-bond donors (Lipinski definition) is 1. The van der Waals surface area contributed by atoms with Gasteiger partial charge in [0.05, 0.1) is 0 Å². The molecule has 0 radical (unpaired) electrons. The molecule has 0 unspecified atom stereocenters. The lowest BCUT2D eigenvalue weighted by Gasteiger charge is -2.32. The predicted molar refractivity (Wildman–Crippen MR) is 111 cm³/mol. The van der Waals surface area contributed by atoms with Crippen LogP contribution in [0.1, 0.15) is 31.2 Å². The highest BCUT2D eigenvalue weighted by atomic mass is 32.2. The minimum absolute atomic E-state index is 0.132. The highest BCUT2D eigenvalue weighted by Gasteiger charge is 2.20. The van der Waals surface area contributed by atoms with Gasteiger partial charge in [0.2, 0.25) is 5.91 Å². The molecule has 2 aromatic rings. The van der Waals surface area contributed by atoms with Gasteiger partial charge in [0.25, 0.3) is 0 Å². The molecule has 0 saturated carbocycles. The van der Waals surface area contributed by atoms with Crippen molar-refractivity contribution in [3.63, 3.8) is 0 Å². The Morgan fingerprint density at radius 1 is 1.08 bits per heavy atom. The highest BCUT2D eigenvalue weighted by molar-refractivity contribution is 7.98. The van der Waals surface area contributed by atoms with E-state index >= 15 is 0 Å². The van der Waals surface area contributed by atoms with E-state index in [4.69, 9.17) is 0 Å². The van der Waals surface area contributed by atoms with Crippen LogP contribution in [0.15, 0.2) is 59.5 Å². The van der Waals surface area contributed by atoms with Crippen molar-refractivity contribution in [2.24, 2.45) is 5.92 Å². The molecule has 3 nitrogen and oxygen atoms in total.